The van der Waals surface area contributed by atoms with E-state index in [4.69, 9.17) is 0 Å². The number of methoxy groups -OCH3 is 1. The highest BCUT2D eigenvalue weighted by atomic mass is 16.5. The number of hydrogen-bond acceptors (Lipinski definition) is 3. The van der Waals surface area contributed by atoms with Crippen molar-refractivity contribution in [1.29, 1.82) is 0 Å². The second kappa shape index (κ2) is 5.92. The minimum atomic E-state index is 0.0977. The first kappa shape index (κ1) is 10.2. The van der Waals surface area contributed by atoms with Gasteiger partial charge in [-0.1, -0.05) is 0 Å². The zero-order valence-corrected chi connectivity index (χ0v) is 7.33. The van der Waals surface area contributed by atoms with Crippen molar-refractivity contribution >= 4 is 5.78 Å². The van der Waals surface area contributed by atoms with Gasteiger partial charge in [-0.15, -0.1) is 0 Å². The predicted molar refractivity (Wildman–Crippen MR) is 44.3 cm³/mol. The van der Waals surface area contributed by atoms with E-state index < -0.39 is 0 Å². The Bertz CT molecular complexity index is 141. The molecule has 3 heteroatoms. The molecule has 0 aromatic carbocycles. The van der Waals surface area contributed by atoms with Crippen LogP contribution in [0.2, 0.25) is 0 Å². The largest absolute Gasteiger partial charge is 0.504 e. The van der Waals surface area contributed by atoms with E-state index in [1.54, 1.807) is 0 Å². The Morgan fingerprint density at radius 2 is 2.18 bits per heavy atom. The van der Waals surface area contributed by atoms with Crippen molar-refractivity contribution in [2.45, 2.75) is 6.42 Å². The fraction of sp³-hybridized carbons (Fsp3) is 0.625. The third-order valence-corrected chi connectivity index (χ3v) is 1.20. The molecular formula is C8H15NO2. The summed E-state index contributed by atoms with van der Waals surface area (Å²) in [6.07, 6.45) is 3.40. The van der Waals surface area contributed by atoms with Crippen LogP contribution in [-0.4, -0.2) is 38.4 Å². The first-order valence-corrected chi connectivity index (χ1v) is 3.53. The van der Waals surface area contributed by atoms with Gasteiger partial charge < -0.3 is 9.64 Å². The Hall–Kier alpha value is -0.830. The van der Waals surface area contributed by atoms with Crippen LogP contribution in [0.3, 0.4) is 0 Å². The monoisotopic (exact) mass is 157 g/mol. The van der Waals surface area contributed by atoms with E-state index in [-0.39, 0.29) is 5.78 Å². The zero-order chi connectivity index (χ0) is 8.69. The van der Waals surface area contributed by atoms with Gasteiger partial charge in [0.15, 0.2) is 5.78 Å². The summed E-state index contributed by atoms with van der Waals surface area (Å²) in [6, 6.07) is 0. The van der Waals surface area contributed by atoms with Crippen molar-refractivity contribution in [3.63, 3.8) is 0 Å². The van der Waals surface area contributed by atoms with Gasteiger partial charge in [0.1, 0.15) is 0 Å². The number of carbonyl (C=O) groups excluding carboxylic acids is 1. The van der Waals surface area contributed by atoms with Gasteiger partial charge in [0, 0.05) is 19.0 Å². The molecule has 0 saturated heterocycles. The van der Waals surface area contributed by atoms with Crippen LogP contribution in [0.1, 0.15) is 6.42 Å². The van der Waals surface area contributed by atoms with E-state index in [0.717, 1.165) is 6.54 Å². The quantitative estimate of drug-likeness (QED) is 0.434. The molecule has 0 aromatic rings. The maximum atomic E-state index is 10.9. The summed E-state index contributed by atoms with van der Waals surface area (Å²) < 4.78 is 4.60. The Morgan fingerprint density at radius 3 is 2.64 bits per heavy atom. The molecule has 3 nitrogen and oxygen atoms in total. The standard InChI is InChI=1S/C8H15NO2/c1-9(2)6-4-8(10)5-7-11-3/h5,7H,4,6H2,1-3H3/b7-5+. The zero-order valence-electron chi connectivity index (χ0n) is 7.33. The lowest BCUT2D eigenvalue weighted by Gasteiger charge is -2.05. The summed E-state index contributed by atoms with van der Waals surface area (Å²) in [5.74, 6) is 0.0977. The van der Waals surface area contributed by atoms with Crippen LogP contribution in [0, 0.1) is 0 Å². The molecule has 0 unspecified atom stereocenters. The van der Waals surface area contributed by atoms with Gasteiger partial charge in [0.05, 0.1) is 13.4 Å². The number of nitrogens with zero attached hydrogens (tertiary/aromatic N) is 1. The minimum Gasteiger partial charge on any atom is -0.504 e. The lowest BCUT2D eigenvalue weighted by atomic mass is 10.3. The van der Waals surface area contributed by atoms with Crippen molar-refractivity contribution in [3.8, 4) is 0 Å². The molecule has 0 aliphatic rings. The van der Waals surface area contributed by atoms with E-state index in [1.165, 1.54) is 19.4 Å². The number of rotatable bonds is 5. The SMILES string of the molecule is CO/C=C/C(=O)CCN(C)C. The smallest absolute Gasteiger partial charge is 0.160 e. The fourth-order valence-corrected chi connectivity index (χ4v) is 0.561. The molecule has 0 N–H and O–H groups in total. The maximum Gasteiger partial charge on any atom is 0.160 e. The van der Waals surface area contributed by atoms with Crippen LogP contribution in [0.15, 0.2) is 12.3 Å². The summed E-state index contributed by atoms with van der Waals surface area (Å²) in [7, 11) is 5.40. The molecule has 0 spiro atoms. The molecule has 0 atom stereocenters. The van der Waals surface area contributed by atoms with Crippen molar-refractivity contribution in [3.05, 3.63) is 12.3 Å². The van der Waals surface area contributed by atoms with Crippen LogP contribution >= 0.6 is 0 Å². The molecule has 0 bridgehead atoms. The lowest BCUT2D eigenvalue weighted by Crippen LogP contribution is -2.15. The van der Waals surface area contributed by atoms with Gasteiger partial charge in [-0.3, -0.25) is 4.79 Å². The average molecular weight is 157 g/mol. The van der Waals surface area contributed by atoms with Crippen LogP contribution in [0.25, 0.3) is 0 Å². The van der Waals surface area contributed by atoms with Crippen molar-refractivity contribution in [1.82, 2.24) is 4.90 Å². The number of hydrogen-bond donors (Lipinski definition) is 0. The highest BCUT2D eigenvalue weighted by molar-refractivity contribution is 5.89. The number of ether oxygens (including phenoxy) is 1. The molecule has 0 aliphatic heterocycles. The Morgan fingerprint density at radius 1 is 1.55 bits per heavy atom. The fourth-order valence-electron chi connectivity index (χ4n) is 0.561. The van der Waals surface area contributed by atoms with E-state index in [0.29, 0.717) is 6.42 Å². The van der Waals surface area contributed by atoms with E-state index >= 15 is 0 Å². The van der Waals surface area contributed by atoms with E-state index in [9.17, 15) is 4.79 Å². The molecule has 0 heterocycles. The summed E-state index contributed by atoms with van der Waals surface area (Å²) in [5.41, 5.74) is 0. The maximum absolute atomic E-state index is 10.9. The summed E-state index contributed by atoms with van der Waals surface area (Å²) >= 11 is 0. The van der Waals surface area contributed by atoms with Gasteiger partial charge in [0.25, 0.3) is 0 Å². The number of carbonyl (C=O) groups is 1. The molecule has 0 aliphatic carbocycles. The molecule has 64 valence electrons. The molecule has 11 heavy (non-hydrogen) atoms. The molecule has 0 amide bonds. The van der Waals surface area contributed by atoms with Crippen molar-refractivity contribution in [2.24, 2.45) is 0 Å². The van der Waals surface area contributed by atoms with Crippen LogP contribution in [0.4, 0.5) is 0 Å². The molecular weight excluding hydrogens is 142 g/mol. The average Bonchev–Trinajstić information content (AvgIpc) is 1.97. The van der Waals surface area contributed by atoms with Gasteiger partial charge in [-0.05, 0) is 14.1 Å². The highest BCUT2D eigenvalue weighted by Gasteiger charge is 1.96. The van der Waals surface area contributed by atoms with E-state index in [1.807, 2.05) is 19.0 Å². The summed E-state index contributed by atoms with van der Waals surface area (Å²) in [4.78, 5) is 12.9. The third kappa shape index (κ3) is 7.06. The lowest BCUT2D eigenvalue weighted by molar-refractivity contribution is -0.114. The summed E-state index contributed by atoms with van der Waals surface area (Å²) in [6.45, 7) is 0.785. The topological polar surface area (TPSA) is 29.5 Å². The van der Waals surface area contributed by atoms with Gasteiger partial charge in [-0.2, -0.15) is 0 Å². The van der Waals surface area contributed by atoms with Crippen molar-refractivity contribution < 1.29 is 9.53 Å². The van der Waals surface area contributed by atoms with Crippen LogP contribution in [0.5, 0.6) is 0 Å². The second-order valence-corrected chi connectivity index (χ2v) is 2.56. The normalized spacial score (nSPS) is 10.9. The molecule has 0 aromatic heterocycles. The molecule has 0 radical (unpaired) electrons. The van der Waals surface area contributed by atoms with E-state index in [2.05, 4.69) is 4.74 Å². The second-order valence-electron chi connectivity index (χ2n) is 2.56. The van der Waals surface area contributed by atoms with Gasteiger partial charge >= 0.3 is 0 Å². The van der Waals surface area contributed by atoms with Crippen LogP contribution < -0.4 is 0 Å². The number of allylic oxidation sites excluding steroid dienone is 1. The Labute approximate surface area is 67.6 Å². The Kier molecular flexibility index (Phi) is 5.47. The van der Waals surface area contributed by atoms with Gasteiger partial charge in [-0.25, -0.2) is 0 Å². The molecule has 0 saturated carbocycles. The molecule has 0 rings (SSSR count). The highest BCUT2D eigenvalue weighted by Crippen LogP contribution is 1.87. The minimum absolute atomic E-state index is 0.0977. The van der Waals surface area contributed by atoms with Crippen LogP contribution in [-0.2, 0) is 9.53 Å². The van der Waals surface area contributed by atoms with Gasteiger partial charge in [0.2, 0.25) is 0 Å². The summed E-state index contributed by atoms with van der Waals surface area (Å²) in [5, 5.41) is 0. The third-order valence-electron chi connectivity index (χ3n) is 1.20. The Balaban J connectivity index is 3.45. The first-order chi connectivity index (χ1) is 5.16. The predicted octanol–water partition coefficient (Wildman–Crippen LogP) is 0.667. The molecule has 0 fully saturated rings. The van der Waals surface area contributed by atoms with Crippen molar-refractivity contribution in [2.75, 3.05) is 27.7 Å². The number of ketones is 1. The first-order valence-electron chi connectivity index (χ1n) is 3.53.